The van der Waals surface area contributed by atoms with Crippen molar-refractivity contribution < 1.29 is 9.13 Å². The van der Waals surface area contributed by atoms with Crippen LogP contribution >= 0.6 is 15.9 Å². The van der Waals surface area contributed by atoms with Gasteiger partial charge >= 0.3 is 0 Å². The van der Waals surface area contributed by atoms with Crippen molar-refractivity contribution in [3.63, 3.8) is 0 Å². The van der Waals surface area contributed by atoms with E-state index in [0.717, 1.165) is 5.56 Å². The van der Waals surface area contributed by atoms with Crippen LogP contribution in [0.15, 0.2) is 53.3 Å². The predicted molar refractivity (Wildman–Crippen MR) is 95.1 cm³/mol. The van der Waals surface area contributed by atoms with Crippen molar-refractivity contribution in [3.05, 3.63) is 64.6 Å². The standard InChI is InChI=1S/C17H14BrFN4O/c1-10-2-5-12(6-3-10)24-17-15(20)16(21-9-22-17)23-14-7-4-11(18)8-13(14)19/h2-9H,20H2,1H3,(H,21,22,23). The highest BCUT2D eigenvalue weighted by Gasteiger charge is 2.12. The largest absolute Gasteiger partial charge is 0.437 e. The molecular weight excluding hydrogens is 375 g/mol. The summed E-state index contributed by atoms with van der Waals surface area (Å²) in [6.45, 7) is 1.98. The maximum atomic E-state index is 13.9. The smallest absolute Gasteiger partial charge is 0.248 e. The van der Waals surface area contributed by atoms with Crippen molar-refractivity contribution in [2.24, 2.45) is 0 Å². The number of halogens is 2. The van der Waals surface area contributed by atoms with Crippen molar-refractivity contribution in [2.45, 2.75) is 6.92 Å². The van der Waals surface area contributed by atoms with Gasteiger partial charge in [0.1, 0.15) is 23.6 Å². The molecule has 5 nitrogen and oxygen atoms in total. The van der Waals surface area contributed by atoms with Gasteiger partial charge < -0.3 is 15.8 Å². The second kappa shape index (κ2) is 6.84. The van der Waals surface area contributed by atoms with E-state index < -0.39 is 5.82 Å². The minimum atomic E-state index is -0.427. The van der Waals surface area contributed by atoms with Gasteiger partial charge in [-0.05, 0) is 37.3 Å². The molecular formula is C17H14BrFN4O. The van der Waals surface area contributed by atoms with Gasteiger partial charge in [0.05, 0.1) is 5.69 Å². The van der Waals surface area contributed by atoms with E-state index in [4.69, 9.17) is 10.5 Å². The Morgan fingerprint density at radius 2 is 1.88 bits per heavy atom. The van der Waals surface area contributed by atoms with Gasteiger partial charge in [0.2, 0.25) is 5.88 Å². The van der Waals surface area contributed by atoms with Crippen molar-refractivity contribution in [2.75, 3.05) is 11.1 Å². The fourth-order valence-electron chi connectivity index (χ4n) is 2.00. The molecule has 2 aromatic carbocycles. The third-order valence-electron chi connectivity index (χ3n) is 3.27. The van der Waals surface area contributed by atoms with Gasteiger partial charge in [-0.2, -0.15) is 4.98 Å². The zero-order chi connectivity index (χ0) is 17.1. The van der Waals surface area contributed by atoms with Gasteiger partial charge in [-0.3, -0.25) is 0 Å². The Balaban J connectivity index is 1.86. The van der Waals surface area contributed by atoms with E-state index in [0.29, 0.717) is 10.2 Å². The van der Waals surface area contributed by atoms with Crippen LogP contribution in [0.1, 0.15) is 5.56 Å². The molecule has 0 atom stereocenters. The lowest BCUT2D eigenvalue weighted by molar-refractivity contribution is 0.464. The quantitative estimate of drug-likeness (QED) is 0.670. The van der Waals surface area contributed by atoms with Crippen LogP contribution in [-0.4, -0.2) is 9.97 Å². The number of aromatic nitrogens is 2. The summed E-state index contributed by atoms with van der Waals surface area (Å²) in [6.07, 6.45) is 1.30. The molecule has 0 radical (unpaired) electrons. The topological polar surface area (TPSA) is 73.1 Å². The molecule has 0 spiro atoms. The van der Waals surface area contributed by atoms with E-state index >= 15 is 0 Å². The molecule has 0 aliphatic rings. The monoisotopic (exact) mass is 388 g/mol. The van der Waals surface area contributed by atoms with Crippen LogP contribution in [0.25, 0.3) is 0 Å². The lowest BCUT2D eigenvalue weighted by atomic mass is 10.2. The van der Waals surface area contributed by atoms with Crippen LogP contribution in [0.5, 0.6) is 11.6 Å². The van der Waals surface area contributed by atoms with Crippen LogP contribution in [0, 0.1) is 12.7 Å². The molecule has 0 fully saturated rings. The summed E-state index contributed by atoms with van der Waals surface area (Å²) in [4.78, 5) is 8.08. The van der Waals surface area contributed by atoms with Gasteiger partial charge in [0.25, 0.3) is 0 Å². The average molecular weight is 389 g/mol. The zero-order valence-corrected chi connectivity index (χ0v) is 14.3. The lowest BCUT2D eigenvalue weighted by Gasteiger charge is -2.12. The number of hydrogen-bond donors (Lipinski definition) is 2. The first-order valence-electron chi connectivity index (χ1n) is 7.10. The summed E-state index contributed by atoms with van der Waals surface area (Å²) >= 11 is 3.21. The van der Waals surface area contributed by atoms with Gasteiger partial charge in [-0.1, -0.05) is 33.6 Å². The second-order valence-electron chi connectivity index (χ2n) is 5.11. The lowest BCUT2D eigenvalue weighted by Crippen LogP contribution is -2.04. The zero-order valence-electron chi connectivity index (χ0n) is 12.8. The maximum absolute atomic E-state index is 13.9. The summed E-state index contributed by atoms with van der Waals surface area (Å²) in [7, 11) is 0. The number of anilines is 3. The molecule has 0 saturated heterocycles. The number of benzene rings is 2. The third kappa shape index (κ3) is 3.62. The van der Waals surface area contributed by atoms with E-state index in [1.54, 1.807) is 12.1 Å². The summed E-state index contributed by atoms with van der Waals surface area (Å²) < 4.78 is 20.3. The minimum Gasteiger partial charge on any atom is -0.437 e. The number of aryl methyl sites for hydroxylation is 1. The van der Waals surface area contributed by atoms with E-state index in [9.17, 15) is 4.39 Å². The summed E-state index contributed by atoms with van der Waals surface area (Å²) in [5.74, 6) is 0.650. The molecule has 0 aliphatic carbocycles. The third-order valence-corrected chi connectivity index (χ3v) is 3.76. The molecule has 122 valence electrons. The van der Waals surface area contributed by atoms with Gasteiger partial charge in [0, 0.05) is 4.47 Å². The fraction of sp³-hybridized carbons (Fsp3) is 0.0588. The summed E-state index contributed by atoms with van der Waals surface area (Å²) in [5, 5.41) is 2.85. The molecule has 0 aliphatic heterocycles. The fourth-order valence-corrected chi connectivity index (χ4v) is 2.33. The SMILES string of the molecule is Cc1ccc(Oc2ncnc(Nc3ccc(Br)cc3F)c2N)cc1. The van der Waals surface area contributed by atoms with Crippen LogP contribution in [-0.2, 0) is 0 Å². The van der Waals surface area contributed by atoms with Crippen LogP contribution in [0.3, 0.4) is 0 Å². The van der Waals surface area contributed by atoms with Crippen LogP contribution in [0.4, 0.5) is 21.6 Å². The number of nitrogen functional groups attached to an aromatic ring is 1. The number of rotatable bonds is 4. The Bertz CT molecular complexity index is 871. The van der Waals surface area contributed by atoms with E-state index in [1.807, 2.05) is 31.2 Å². The molecule has 3 aromatic rings. The first-order chi connectivity index (χ1) is 11.5. The highest BCUT2D eigenvalue weighted by atomic mass is 79.9. The van der Waals surface area contributed by atoms with E-state index in [2.05, 4.69) is 31.2 Å². The van der Waals surface area contributed by atoms with E-state index in [1.165, 1.54) is 12.4 Å². The van der Waals surface area contributed by atoms with Gasteiger partial charge in [-0.15, -0.1) is 0 Å². The number of hydrogen-bond acceptors (Lipinski definition) is 5. The summed E-state index contributed by atoms with van der Waals surface area (Å²) in [6, 6.07) is 12.1. The van der Waals surface area contributed by atoms with Gasteiger partial charge in [-0.25, -0.2) is 9.37 Å². The number of ether oxygens (including phenoxy) is 1. The molecule has 0 amide bonds. The van der Waals surface area contributed by atoms with Crippen molar-refractivity contribution in [3.8, 4) is 11.6 Å². The highest BCUT2D eigenvalue weighted by molar-refractivity contribution is 9.10. The van der Waals surface area contributed by atoms with Crippen molar-refractivity contribution in [1.29, 1.82) is 0 Å². The molecule has 1 aromatic heterocycles. The number of nitrogens with one attached hydrogen (secondary N) is 1. The van der Waals surface area contributed by atoms with Crippen LogP contribution in [0.2, 0.25) is 0 Å². The van der Waals surface area contributed by atoms with E-state index in [-0.39, 0.29) is 23.1 Å². The molecule has 0 saturated carbocycles. The molecule has 24 heavy (non-hydrogen) atoms. The molecule has 3 N–H and O–H groups in total. The Hall–Kier alpha value is -2.67. The highest BCUT2D eigenvalue weighted by Crippen LogP contribution is 2.32. The Morgan fingerprint density at radius 1 is 1.12 bits per heavy atom. The Kier molecular flexibility index (Phi) is 4.61. The van der Waals surface area contributed by atoms with Crippen molar-refractivity contribution >= 4 is 33.1 Å². The van der Waals surface area contributed by atoms with Crippen molar-refractivity contribution in [1.82, 2.24) is 9.97 Å². The maximum Gasteiger partial charge on any atom is 0.248 e. The summed E-state index contributed by atoms with van der Waals surface area (Å²) in [5.41, 5.74) is 7.61. The number of nitrogens with two attached hydrogens (primary N) is 1. The normalized spacial score (nSPS) is 10.5. The first-order valence-corrected chi connectivity index (χ1v) is 7.89. The second-order valence-corrected chi connectivity index (χ2v) is 6.02. The Morgan fingerprint density at radius 3 is 2.58 bits per heavy atom. The molecule has 0 bridgehead atoms. The molecule has 7 heteroatoms. The molecule has 1 heterocycles. The van der Waals surface area contributed by atoms with Crippen LogP contribution < -0.4 is 15.8 Å². The first kappa shape index (κ1) is 16.2. The average Bonchev–Trinajstić information content (AvgIpc) is 2.55. The minimum absolute atomic E-state index is 0.195. The predicted octanol–water partition coefficient (Wildman–Crippen LogP) is 4.80. The van der Waals surface area contributed by atoms with Gasteiger partial charge in [0.15, 0.2) is 5.82 Å². The molecule has 3 rings (SSSR count). The Labute approximate surface area is 146 Å². The molecule has 0 unspecified atom stereocenters. The number of nitrogens with zero attached hydrogens (tertiary/aromatic N) is 2.